The molecule has 0 aliphatic carbocycles. The standard InChI is InChI=1S/C27H26Cl2N4O2S2/c1-7-8-17-11-12-32(6)23(17)15(4)21-16(5)31-33(24(21)25(34)35)27-30-22(26(37-27)36-14(2)3)18-9-10-19(28)20(29)13-18/h7-14H,1H2,2-6H3,(H,34,35)/b17-8-,23-15-. The van der Waals surface area contributed by atoms with Crippen LogP contribution < -0.4 is 10.6 Å². The van der Waals surface area contributed by atoms with Gasteiger partial charge in [0, 0.05) is 29.6 Å². The summed E-state index contributed by atoms with van der Waals surface area (Å²) < 4.78 is 4.35. The molecule has 0 aliphatic rings. The van der Waals surface area contributed by atoms with Crippen molar-refractivity contribution in [3.63, 3.8) is 0 Å². The summed E-state index contributed by atoms with van der Waals surface area (Å²) in [5, 5.41) is 18.5. The molecule has 0 unspecified atom stereocenters. The van der Waals surface area contributed by atoms with Gasteiger partial charge in [-0.3, -0.25) is 0 Å². The number of aromatic carboxylic acids is 1. The van der Waals surface area contributed by atoms with E-state index in [4.69, 9.17) is 28.2 Å². The van der Waals surface area contributed by atoms with Gasteiger partial charge < -0.3 is 9.67 Å². The minimum Gasteiger partial charge on any atom is -0.476 e. The van der Waals surface area contributed by atoms with Gasteiger partial charge >= 0.3 is 5.97 Å². The Labute approximate surface area is 233 Å². The van der Waals surface area contributed by atoms with Crippen molar-refractivity contribution in [2.24, 2.45) is 7.05 Å². The molecule has 0 spiro atoms. The Hall–Kier alpha value is -2.78. The van der Waals surface area contributed by atoms with Crippen molar-refractivity contribution >= 4 is 63.9 Å². The molecule has 3 heterocycles. The van der Waals surface area contributed by atoms with E-state index < -0.39 is 5.97 Å². The zero-order valence-electron chi connectivity index (χ0n) is 21.0. The SMILES string of the molecule is C=C/C=c1/ccn(C)/c1=C(/C)c1c(C)nn(-c2nc(-c3ccc(Cl)c(Cl)c3)c(SC(C)C)s2)c1C(=O)O. The van der Waals surface area contributed by atoms with Crippen LogP contribution in [-0.2, 0) is 7.05 Å². The first-order chi connectivity index (χ1) is 17.5. The minimum atomic E-state index is -1.08. The van der Waals surface area contributed by atoms with Crippen LogP contribution in [0.25, 0.3) is 28.0 Å². The van der Waals surface area contributed by atoms with Crippen LogP contribution in [0.3, 0.4) is 0 Å². The molecule has 0 amide bonds. The Morgan fingerprint density at radius 2 is 1.97 bits per heavy atom. The molecule has 10 heteroatoms. The number of carboxylic acid groups (broad SMARTS) is 1. The fourth-order valence-electron chi connectivity index (χ4n) is 4.23. The summed E-state index contributed by atoms with van der Waals surface area (Å²) in [6, 6.07) is 7.34. The normalized spacial score (nSPS) is 12.9. The number of carbonyl (C=O) groups is 1. The van der Waals surface area contributed by atoms with Crippen LogP contribution in [0.1, 0.15) is 42.5 Å². The smallest absolute Gasteiger partial charge is 0.355 e. The lowest BCUT2D eigenvalue weighted by Crippen LogP contribution is -2.30. The number of allylic oxidation sites excluding steroid dienone is 1. The van der Waals surface area contributed by atoms with Gasteiger partial charge in [0.2, 0.25) is 5.13 Å². The number of hydrogen-bond acceptors (Lipinski definition) is 5. The summed E-state index contributed by atoms with van der Waals surface area (Å²) in [4.78, 5) is 17.5. The van der Waals surface area contributed by atoms with Crippen molar-refractivity contribution in [1.82, 2.24) is 19.3 Å². The first kappa shape index (κ1) is 27.3. The largest absolute Gasteiger partial charge is 0.476 e. The number of nitrogens with zero attached hydrogens (tertiary/aromatic N) is 4. The molecule has 0 fully saturated rings. The number of hydrogen-bond donors (Lipinski definition) is 1. The van der Waals surface area contributed by atoms with Crippen LogP contribution in [-0.4, -0.2) is 35.7 Å². The van der Waals surface area contributed by atoms with E-state index in [1.54, 1.807) is 30.0 Å². The summed E-state index contributed by atoms with van der Waals surface area (Å²) in [5.41, 5.74) is 3.56. The highest BCUT2D eigenvalue weighted by molar-refractivity contribution is 8.01. The number of carboxylic acids is 1. The van der Waals surface area contributed by atoms with Crippen LogP contribution in [0.4, 0.5) is 0 Å². The topological polar surface area (TPSA) is 72.9 Å². The molecule has 37 heavy (non-hydrogen) atoms. The molecule has 0 saturated heterocycles. The van der Waals surface area contributed by atoms with Gasteiger partial charge in [0.05, 0.1) is 31.0 Å². The highest BCUT2D eigenvalue weighted by atomic mass is 35.5. The third-order valence-electron chi connectivity index (χ3n) is 5.70. The predicted octanol–water partition coefficient (Wildman–Crippen LogP) is 6.33. The molecular formula is C27H26Cl2N4O2S2. The lowest BCUT2D eigenvalue weighted by atomic mass is 10.0. The van der Waals surface area contributed by atoms with Crippen LogP contribution in [0.2, 0.25) is 10.0 Å². The molecule has 1 N–H and O–H groups in total. The van der Waals surface area contributed by atoms with Gasteiger partial charge in [0.1, 0.15) is 0 Å². The Balaban J connectivity index is 1.99. The van der Waals surface area contributed by atoms with Gasteiger partial charge in [0.25, 0.3) is 0 Å². The number of rotatable bonds is 7. The van der Waals surface area contributed by atoms with Crippen LogP contribution in [0, 0.1) is 6.92 Å². The zero-order chi connectivity index (χ0) is 27.0. The predicted molar refractivity (Wildman–Crippen MR) is 155 cm³/mol. The van der Waals surface area contributed by atoms with E-state index >= 15 is 0 Å². The number of thioether (sulfide) groups is 1. The van der Waals surface area contributed by atoms with Crippen molar-refractivity contribution in [3.8, 4) is 16.4 Å². The molecule has 0 aliphatic heterocycles. The Morgan fingerprint density at radius 1 is 1.24 bits per heavy atom. The molecule has 0 atom stereocenters. The van der Waals surface area contributed by atoms with Crippen molar-refractivity contribution in [3.05, 3.63) is 80.7 Å². The van der Waals surface area contributed by atoms with Crippen LogP contribution >= 0.6 is 46.3 Å². The first-order valence-electron chi connectivity index (χ1n) is 11.4. The van der Waals surface area contributed by atoms with E-state index in [2.05, 4.69) is 25.5 Å². The summed E-state index contributed by atoms with van der Waals surface area (Å²) >= 11 is 15.5. The average Bonchev–Trinajstić information content (AvgIpc) is 3.50. The summed E-state index contributed by atoms with van der Waals surface area (Å²) in [6.07, 6.45) is 5.56. The Morgan fingerprint density at radius 3 is 2.59 bits per heavy atom. The van der Waals surface area contributed by atoms with E-state index in [1.807, 2.05) is 49.9 Å². The second-order valence-electron chi connectivity index (χ2n) is 8.71. The highest BCUT2D eigenvalue weighted by Crippen LogP contribution is 2.41. The van der Waals surface area contributed by atoms with Crippen molar-refractivity contribution in [2.75, 3.05) is 0 Å². The minimum absolute atomic E-state index is 0.0660. The second-order valence-corrected chi connectivity index (χ2v) is 12.3. The van der Waals surface area contributed by atoms with Crippen molar-refractivity contribution < 1.29 is 9.90 Å². The second kappa shape index (κ2) is 10.9. The quantitative estimate of drug-likeness (QED) is 0.262. The number of aryl methyl sites for hydroxylation is 2. The summed E-state index contributed by atoms with van der Waals surface area (Å²) in [5.74, 6) is -1.08. The number of benzene rings is 1. The van der Waals surface area contributed by atoms with E-state index in [9.17, 15) is 9.90 Å². The maximum Gasteiger partial charge on any atom is 0.355 e. The van der Waals surface area contributed by atoms with E-state index in [-0.39, 0.29) is 10.9 Å². The third kappa shape index (κ3) is 5.29. The molecule has 1 aromatic carbocycles. The highest BCUT2D eigenvalue weighted by Gasteiger charge is 2.27. The summed E-state index contributed by atoms with van der Waals surface area (Å²) in [6.45, 7) is 11.7. The maximum absolute atomic E-state index is 12.7. The molecule has 0 saturated carbocycles. The van der Waals surface area contributed by atoms with Crippen LogP contribution in [0.15, 0.2) is 47.3 Å². The number of thiazole rings is 1. The molecular weight excluding hydrogens is 547 g/mol. The van der Waals surface area contributed by atoms with Gasteiger partial charge in [0.15, 0.2) is 5.69 Å². The molecule has 0 radical (unpaired) electrons. The number of halogens is 2. The maximum atomic E-state index is 12.7. The van der Waals surface area contributed by atoms with Gasteiger partial charge in [-0.1, -0.05) is 73.2 Å². The summed E-state index contributed by atoms with van der Waals surface area (Å²) in [7, 11) is 1.93. The lowest BCUT2D eigenvalue weighted by molar-refractivity contribution is 0.0686. The Kier molecular flexibility index (Phi) is 8.04. The van der Waals surface area contributed by atoms with Gasteiger partial charge in [-0.05, 0) is 42.8 Å². The zero-order valence-corrected chi connectivity index (χ0v) is 24.2. The lowest BCUT2D eigenvalue weighted by Gasteiger charge is -2.05. The molecule has 3 aromatic heterocycles. The first-order valence-corrected chi connectivity index (χ1v) is 13.9. The van der Waals surface area contributed by atoms with Crippen molar-refractivity contribution in [1.29, 1.82) is 0 Å². The third-order valence-corrected chi connectivity index (χ3v) is 8.68. The van der Waals surface area contributed by atoms with E-state index in [1.165, 1.54) is 16.0 Å². The molecule has 4 rings (SSSR count). The van der Waals surface area contributed by atoms with E-state index in [0.29, 0.717) is 32.1 Å². The Bertz CT molecular complexity index is 1650. The van der Waals surface area contributed by atoms with E-state index in [0.717, 1.165) is 25.9 Å². The fourth-order valence-corrected chi connectivity index (χ4v) is 7.00. The van der Waals surface area contributed by atoms with Gasteiger partial charge in [-0.25, -0.2) is 9.78 Å². The fraction of sp³-hybridized carbons (Fsp3) is 0.222. The van der Waals surface area contributed by atoms with Crippen molar-refractivity contribution in [2.45, 2.75) is 37.2 Å². The number of aromatic nitrogens is 4. The average molecular weight is 574 g/mol. The molecule has 0 bridgehead atoms. The monoisotopic (exact) mass is 572 g/mol. The van der Waals surface area contributed by atoms with Gasteiger partial charge in [-0.2, -0.15) is 9.78 Å². The molecule has 192 valence electrons. The van der Waals surface area contributed by atoms with Gasteiger partial charge in [-0.15, -0.1) is 11.8 Å². The molecule has 4 aromatic rings. The molecule has 6 nitrogen and oxygen atoms in total. The van der Waals surface area contributed by atoms with Crippen LogP contribution in [0.5, 0.6) is 0 Å².